The molecule has 104 valence electrons. The number of hydrogen-bond donors (Lipinski definition) is 0. The van der Waals surface area contributed by atoms with Gasteiger partial charge in [-0.3, -0.25) is 0 Å². The molecule has 0 amide bonds. The summed E-state index contributed by atoms with van der Waals surface area (Å²) in [7, 11) is 2.07. The van der Waals surface area contributed by atoms with E-state index >= 15 is 0 Å². The molecule has 0 aliphatic carbocycles. The van der Waals surface area contributed by atoms with Gasteiger partial charge in [-0.2, -0.15) is 0 Å². The van der Waals surface area contributed by atoms with Gasteiger partial charge in [0.05, 0.1) is 0 Å². The Morgan fingerprint density at radius 3 is 2.81 bits per heavy atom. The van der Waals surface area contributed by atoms with Crippen LogP contribution in [0, 0.1) is 0 Å². The van der Waals surface area contributed by atoms with E-state index in [1.165, 1.54) is 27.7 Å². The fourth-order valence-corrected chi connectivity index (χ4v) is 3.41. The second-order valence-corrected chi connectivity index (χ2v) is 6.42. The van der Waals surface area contributed by atoms with Crippen molar-refractivity contribution in [3.05, 3.63) is 70.8 Å². The summed E-state index contributed by atoms with van der Waals surface area (Å²) in [6.07, 6.45) is 2.10. The molecule has 21 heavy (non-hydrogen) atoms. The molecule has 2 nitrogen and oxygen atoms in total. The van der Waals surface area contributed by atoms with Crippen LogP contribution in [0.25, 0.3) is 16.6 Å². The summed E-state index contributed by atoms with van der Waals surface area (Å²) in [5.41, 5.74) is 6.09. The Bertz CT molecular complexity index is 876. The molecule has 2 heterocycles. The topological polar surface area (TPSA) is 8.17 Å². The van der Waals surface area contributed by atoms with Crippen LogP contribution >= 0.6 is 15.9 Å². The zero-order valence-electron chi connectivity index (χ0n) is 11.8. The highest BCUT2D eigenvalue weighted by molar-refractivity contribution is 9.10. The number of hydrogen-bond acceptors (Lipinski definition) is 1. The summed E-state index contributed by atoms with van der Waals surface area (Å²) in [5.74, 6) is 0. The van der Waals surface area contributed by atoms with Gasteiger partial charge in [-0.05, 0) is 42.0 Å². The van der Waals surface area contributed by atoms with E-state index < -0.39 is 0 Å². The highest BCUT2D eigenvalue weighted by Crippen LogP contribution is 2.37. The lowest BCUT2D eigenvalue weighted by atomic mass is 10.1. The summed E-state index contributed by atoms with van der Waals surface area (Å²) in [5, 5.41) is 1.26. The highest BCUT2D eigenvalue weighted by atomic mass is 79.9. The molecule has 0 spiro atoms. The van der Waals surface area contributed by atoms with Gasteiger partial charge in [-0.25, -0.2) is 0 Å². The number of aromatic nitrogens is 1. The Hall–Kier alpha value is -2.00. The molecule has 0 saturated carbocycles. The number of anilines is 1. The average Bonchev–Trinajstić information content (AvgIpc) is 3.01. The summed E-state index contributed by atoms with van der Waals surface area (Å²) >= 11 is 3.54. The van der Waals surface area contributed by atoms with Crippen molar-refractivity contribution in [2.24, 2.45) is 7.05 Å². The third-order valence-electron chi connectivity index (χ3n) is 4.22. The van der Waals surface area contributed by atoms with E-state index in [0.29, 0.717) is 0 Å². The number of aryl methyl sites for hydroxylation is 1. The number of rotatable bonds is 1. The van der Waals surface area contributed by atoms with Crippen LogP contribution in [-0.2, 0) is 13.6 Å². The molecule has 0 N–H and O–H groups in total. The SMILES string of the molecule is C=C1c2cc(Br)ccc2CN1c1ccc2c(ccn2C)c1. The summed E-state index contributed by atoms with van der Waals surface area (Å²) in [6, 6.07) is 15.2. The van der Waals surface area contributed by atoms with Gasteiger partial charge in [0.25, 0.3) is 0 Å². The highest BCUT2D eigenvalue weighted by Gasteiger charge is 2.23. The summed E-state index contributed by atoms with van der Waals surface area (Å²) in [4.78, 5) is 2.28. The number of nitrogens with zero attached hydrogens (tertiary/aromatic N) is 2. The van der Waals surface area contributed by atoms with Gasteiger partial charge in [-0.1, -0.05) is 28.6 Å². The van der Waals surface area contributed by atoms with Crippen LogP contribution in [0.3, 0.4) is 0 Å². The minimum atomic E-state index is 0.889. The minimum absolute atomic E-state index is 0.889. The monoisotopic (exact) mass is 338 g/mol. The molecular formula is C18H15BrN2. The van der Waals surface area contributed by atoms with Crippen molar-refractivity contribution < 1.29 is 0 Å². The molecule has 3 aromatic rings. The molecule has 0 unspecified atom stereocenters. The lowest BCUT2D eigenvalue weighted by Crippen LogP contribution is -2.12. The van der Waals surface area contributed by atoms with Crippen molar-refractivity contribution in [2.75, 3.05) is 4.90 Å². The predicted molar refractivity (Wildman–Crippen MR) is 92.3 cm³/mol. The Kier molecular flexibility index (Phi) is 2.73. The van der Waals surface area contributed by atoms with Gasteiger partial charge >= 0.3 is 0 Å². The fraction of sp³-hybridized carbons (Fsp3) is 0.111. The Morgan fingerprint density at radius 2 is 1.95 bits per heavy atom. The van der Waals surface area contributed by atoms with Crippen molar-refractivity contribution in [2.45, 2.75) is 6.54 Å². The van der Waals surface area contributed by atoms with E-state index in [4.69, 9.17) is 0 Å². The van der Waals surface area contributed by atoms with Crippen LogP contribution in [0.4, 0.5) is 5.69 Å². The molecule has 0 fully saturated rings. The molecule has 3 heteroatoms. The molecule has 0 atom stereocenters. The van der Waals surface area contributed by atoms with Gasteiger partial charge < -0.3 is 9.47 Å². The first-order valence-electron chi connectivity index (χ1n) is 6.94. The second-order valence-electron chi connectivity index (χ2n) is 5.50. The fourth-order valence-electron chi connectivity index (χ4n) is 3.05. The van der Waals surface area contributed by atoms with Crippen LogP contribution in [0.5, 0.6) is 0 Å². The molecule has 2 aromatic carbocycles. The molecule has 0 bridgehead atoms. The predicted octanol–water partition coefficient (Wildman–Crippen LogP) is 4.93. The van der Waals surface area contributed by atoms with Crippen molar-refractivity contribution in [3.63, 3.8) is 0 Å². The lowest BCUT2D eigenvalue weighted by molar-refractivity contribution is 0.968. The van der Waals surface area contributed by atoms with Gasteiger partial charge in [0, 0.05) is 52.1 Å². The van der Waals surface area contributed by atoms with Crippen molar-refractivity contribution >= 4 is 38.2 Å². The maximum Gasteiger partial charge on any atom is 0.0488 e. The first kappa shape index (κ1) is 12.7. The number of fused-ring (bicyclic) bond motifs is 2. The third-order valence-corrected chi connectivity index (χ3v) is 4.71. The van der Waals surface area contributed by atoms with Gasteiger partial charge in [0.15, 0.2) is 0 Å². The van der Waals surface area contributed by atoms with E-state index in [1.54, 1.807) is 0 Å². The molecule has 4 rings (SSSR count). The van der Waals surface area contributed by atoms with Crippen molar-refractivity contribution in [3.8, 4) is 0 Å². The Morgan fingerprint density at radius 1 is 1.10 bits per heavy atom. The minimum Gasteiger partial charge on any atom is -0.351 e. The third kappa shape index (κ3) is 1.92. The second kappa shape index (κ2) is 4.50. The van der Waals surface area contributed by atoms with Crippen LogP contribution in [-0.4, -0.2) is 4.57 Å². The van der Waals surface area contributed by atoms with Crippen LogP contribution in [0.15, 0.2) is 59.7 Å². The standard InChI is InChI=1S/C18H15BrN2/c1-12-17-10-15(19)4-3-14(17)11-21(12)16-5-6-18-13(9-16)7-8-20(18)2/h3-10H,1,11H2,2H3. The maximum absolute atomic E-state index is 4.28. The smallest absolute Gasteiger partial charge is 0.0488 e. The van der Waals surface area contributed by atoms with Gasteiger partial charge in [-0.15, -0.1) is 0 Å². The summed E-state index contributed by atoms with van der Waals surface area (Å²) < 4.78 is 3.24. The number of benzene rings is 2. The Balaban J connectivity index is 1.78. The lowest BCUT2D eigenvalue weighted by Gasteiger charge is -2.19. The van der Waals surface area contributed by atoms with Gasteiger partial charge in [0.2, 0.25) is 0 Å². The van der Waals surface area contributed by atoms with Gasteiger partial charge in [0.1, 0.15) is 0 Å². The molecule has 0 radical (unpaired) electrons. The zero-order valence-corrected chi connectivity index (χ0v) is 13.4. The van der Waals surface area contributed by atoms with Crippen LogP contribution < -0.4 is 4.90 Å². The maximum atomic E-state index is 4.28. The molecule has 0 saturated heterocycles. The molecule has 1 aliphatic heterocycles. The largest absolute Gasteiger partial charge is 0.351 e. The van der Waals surface area contributed by atoms with E-state index in [1.807, 2.05) is 0 Å². The van der Waals surface area contributed by atoms with Crippen molar-refractivity contribution in [1.82, 2.24) is 4.57 Å². The normalized spacial score (nSPS) is 14.0. The first-order chi connectivity index (χ1) is 10.1. The molecule has 1 aliphatic rings. The summed E-state index contributed by atoms with van der Waals surface area (Å²) in [6.45, 7) is 5.17. The molecule has 1 aromatic heterocycles. The van der Waals surface area contributed by atoms with E-state index in [-0.39, 0.29) is 0 Å². The van der Waals surface area contributed by atoms with Crippen LogP contribution in [0.2, 0.25) is 0 Å². The van der Waals surface area contributed by atoms with E-state index in [9.17, 15) is 0 Å². The first-order valence-corrected chi connectivity index (χ1v) is 7.73. The quantitative estimate of drug-likeness (QED) is 0.610. The van der Waals surface area contributed by atoms with E-state index in [2.05, 4.69) is 87.7 Å². The van der Waals surface area contributed by atoms with Crippen LogP contribution in [0.1, 0.15) is 11.1 Å². The Labute approximate surface area is 132 Å². The van der Waals surface area contributed by atoms with E-state index in [0.717, 1.165) is 16.7 Å². The average molecular weight is 339 g/mol. The molecular weight excluding hydrogens is 324 g/mol. The number of halogens is 1. The zero-order chi connectivity index (χ0) is 14.6. The van der Waals surface area contributed by atoms with Crippen molar-refractivity contribution in [1.29, 1.82) is 0 Å².